The first-order valence-corrected chi connectivity index (χ1v) is 12.0. The van der Waals surface area contributed by atoms with Gasteiger partial charge in [0.1, 0.15) is 11.5 Å². The molecule has 0 bridgehead atoms. The third-order valence-electron chi connectivity index (χ3n) is 5.26. The minimum absolute atomic E-state index is 0.766. The molecule has 2 heteroatoms. The largest absolute Gasteiger partial charge is 0.493 e. The van der Waals surface area contributed by atoms with Gasteiger partial charge in [0.15, 0.2) is 0 Å². The molecule has 0 atom stereocenters. The smallest absolute Gasteiger partial charge is 0.123 e. The second kappa shape index (κ2) is 17.9. The van der Waals surface area contributed by atoms with Crippen LogP contribution in [0, 0.1) is 6.92 Å². The van der Waals surface area contributed by atoms with Crippen molar-refractivity contribution in [3.8, 4) is 11.5 Å². The van der Waals surface area contributed by atoms with E-state index in [9.17, 15) is 0 Å². The SMILES string of the molecule is [CH2]Cc1cc(OCCCCCCCCC)cc(OCCCCCCCCC)c1. The van der Waals surface area contributed by atoms with Gasteiger partial charge in [0.25, 0.3) is 0 Å². The molecule has 1 rings (SSSR count). The van der Waals surface area contributed by atoms with Gasteiger partial charge in [-0.2, -0.15) is 0 Å². The van der Waals surface area contributed by atoms with E-state index in [1.807, 2.05) is 6.07 Å². The normalized spacial score (nSPS) is 11.0. The molecule has 161 valence electrons. The van der Waals surface area contributed by atoms with Crippen molar-refractivity contribution in [2.24, 2.45) is 0 Å². The van der Waals surface area contributed by atoms with Gasteiger partial charge >= 0.3 is 0 Å². The van der Waals surface area contributed by atoms with Crippen LogP contribution >= 0.6 is 0 Å². The van der Waals surface area contributed by atoms with Crippen LogP contribution in [0.2, 0.25) is 0 Å². The van der Waals surface area contributed by atoms with Gasteiger partial charge in [-0.25, -0.2) is 0 Å². The lowest BCUT2D eigenvalue weighted by Gasteiger charge is -2.12. The summed E-state index contributed by atoms with van der Waals surface area (Å²) in [5, 5.41) is 0. The second-order valence-electron chi connectivity index (χ2n) is 8.00. The van der Waals surface area contributed by atoms with Gasteiger partial charge in [-0.05, 0) is 43.9 Å². The second-order valence-corrected chi connectivity index (χ2v) is 8.00. The first-order chi connectivity index (χ1) is 13.8. The zero-order chi connectivity index (χ0) is 20.3. The Labute approximate surface area is 175 Å². The van der Waals surface area contributed by atoms with Crippen molar-refractivity contribution in [3.63, 3.8) is 0 Å². The summed E-state index contributed by atoms with van der Waals surface area (Å²) < 4.78 is 12.0. The fourth-order valence-corrected chi connectivity index (χ4v) is 3.44. The minimum Gasteiger partial charge on any atom is -0.493 e. The number of benzene rings is 1. The average molecular weight is 390 g/mol. The van der Waals surface area contributed by atoms with E-state index < -0.39 is 0 Å². The van der Waals surface area contributed by atoms with Crippen LogP contribution in [0.1, 0.15) is 109 Å². The van der Waals surface area contributed by atoms with Crippen LogP contribution in [0.25, 0.3) is 0 Å². The Kier molecular flexibility index (Phi) is 15.9. The molecule has 0 saturated heterocycles. The molecule has 0 aliphatic carbocycles. The lowest BCUT2D eigenvalue weighted by Crippen LogP contribution is -2.01. The fraction of sp³-hybridized carbons (Fsp3) is 0.731. The number of hydrogen-bond acceptors (Lipinski definition) is 2. The summed E-state index contributed by atoms with van der Waals surface area (Å²) in [6.45, 7) is 10.1. The highest BCUT2D eigenvalue weighted by Gasteiger charge is 2.03. The minimum atomic E-state index is 0.766. The predicted molar refractivity (Wildman–Crippen MR) is 122 cm³/mol. The Morgan fingerprint density at radius 1 is 0.571 bits per heavy atom. The predicted octanol–water partition coefficient (Wildman–Crippen LogP) is 8.32. The van der Waals surface area contributed by atoms with E-state index in [4.69, 9.17) is 9.47 Å². The van der Waals surface area contributed by atoms with Crippen molar-refractivity contribution in [3.05, 3.63) is 30.7 Å². The molecule has 0 aliphatic heterocycles. The first-order valence-electron chi connectivity index (χ1n) is 12.0. The molecule has 1 aromatic rings. The molecule has 1 aromatic carbocycles. The number of unbranched alkanes of at least 4 members (excludes halogenated alkanes) is 12. The maximum Gasteiger partial charge on any atom is 0.123 e. The van der Waals surface area contributed by atoms with E-state index in [1.54, 1.807) is 0 Å². The highest BCUT2D eigenvalue weighted by Crippen LogP contribution is 2.24. The highest BCUT2D eigenvalue weighted by atomic mass is 16.5. The standard InChI is InChI=1S/C26H45O2/c1-4-7-9-11-13-15-17-19-27-25-21-24(6-3)22-26(23-25)28-20-18-16-14-12-10-8-5-2/h21-23H,3-20H2,1-2H3. The van der Waals surface area contributed by atoms with Crippen molar-refractivity contribution in [1.29, 1.82) is 0 Å². The van der Waals surface area contributed by atoms with Crippen LogP contribution in [-0.4, -0.2) is 13.2 Å². The van der Waals surface area contributed by atoms with Crippen LogP contribution < -0.4 is 9.47 Å². The Balaban J connectivity index is 2.22. The van der Waals surface area contributed by atoms with Crippen molar-refractivity contribution >= 4 is 0 Å². The maximum absolute atomic E-state index is 5.99. The Hall–Kier alpha value is -1.18. The summed E-state index contributed by atoms with van der Waals surface area (Å²) in [5.41, 5.74) is 1.19. The summed E-state index contributed by atoms with van der Waals surface area (Å²) in [6.07, 6.45) is 19.1. The summed E-state index contributed by atoms with van der Waals surface area (Å²) in [6, 6.07) is 6.26. The van der Waals surface area contributed by atoms with Gasteiger partial charge in [0, 0.05) is 6.07 Å². The van der Waals surface area contributed by atoms with Gasteiger partial charge in [-0.1, -0.05) is 90.9 Å². The molecular weight excluding hydrogens is 344 g/mol. The van der Waals surface area contributed by atoms with Gasteiger partial charge in [-0.3, -0.25) is 0 Å². The fourth-order valence-electron chi connectivity index (χ4n) is 3.44. The molecule has 2 nitrogen and oxygen atoms in total. The zero-order valence-corrected chi connectivity index (χ0v) is 18.8. The lowest BCUT2D eigenvalue weighted by molar-refractivity contribution is 0.289. The number of hydrogen-bond donors (Lipinski definition) is 0. The molecule has 0 amide bonds. The molecule has 0 saturated carbocycles. The molecule has 1 radical (unpaired) electrons. The maximum atomic E-state index is 5.99. The molecule has 0 N–H and O–H groups in total. The summed E-state index contributed by atoms with van der Waals surface area (Å²) in [5.74, 6) is 1.86. The van der Waals surface area contributed by atoms with Crippen molar-refractivity contribution in [2.75, 3.05) is 13.2 Å². The van der Waals surface area contributed by atoms with E-state index in [2.05, 4.69) is 32.9 Å². The quantitative estimate of drug-likeness (QED) is 0.221. The number of ether oxygens (including phenoxy) is 2. The molecule has 0 spiro atoms. The summed E-state index contributed by atoms with van der Waals surface area (Å²) in [4.78, 5) is 0. The molecule has 28 heavy (non-hydrogen) atoms. The van der Waals surface area contributed by atoms with Crippen LogP contribution in [0.4, 0.5) is 0 Å². The van der Waals surface area contributed by atoms with Gasteiger partial charge in [0.05, 0.1) is 13.2 Å². The van der Waals surface area contributed by atoms with E-state index >= 15 is 0 Å². The van der Waals surface area contributed by atoms with E-state index in [1.165, 1.54) is 82.6 Å². The molecule has 0 fully saturated rings. The van der Waals surface area contributed by atoms with Crippen molar-refractivity contribution < 1.29 is 9.47 Å². The van der Waals surface area contributed by atoms with Crippen LogP contribution in [0.15, 0.2) is 18.2 Å². The van der Waals surface area contributed by atoms with Crippen LogP contribution in [0.3, 0.4) is 0 Å². The number of rotatable bonds is 19. The van der Waals surface area contributed by atoms with E-state index in [0.29, 0.717) is 0 Å². The van der Waals surface area contributed by atoms with Gasteiger partial charge < -0.3 is 9.47 Å². The highest BCUT2D eigenvalue weighted by molar-refractivity contribution is 5.38. The molecule has 0 aliphatic rings. The molecule has 0 unspecified atom stereocenters. The monoisotopic (exact) mass is 389 g/mol. The van der Waals surface area contributed by atoms with Crippen molar-refractivity contribution in [2.45, 2.75) is 110 Å². The lowest BCUT2D eigenvalue weighted by atomic mass is 10.1. The molecule has 0 aromatic heterocycles. The summed E-state index contributed by atoms with van der Waals surface area (Å²) in [7, 11) is 0. The van der Waals surface area contributed by atoms with E-state index in [-0.39, 0.29) is 0 Å². The Morgan fingerprint density at radius 2 is 0.964 bits per heavy atom. The third kappa shape index (κ3) is 13.1. The van der Waals surface area contributed by atoms with Crippen LogP contribution in [-0.2, 0) is 6.42 Å². The van der Waals surface area contributed by atoms with Crippen molar-refractivity contribution in [1.82, 2.24) is 0 Å². The average Bonchev–Trinajstić information content (AvgIpc) is 2.71. The summed E-state index contributed by atoms with van der Waals surface area (Å²) >= 11 is 0. The molecule has 0 heterocycles. The topological polar surface area (TPSA) is 18.5 Å². The Bertz CT molecular complexity index is 431. The third-order valence-corrected chi connectivity index (χ3v) is 5.26. The van der Waals surface area contributed by atoms with E-state index in [0.717, 1.165) is 44.0 Å². The zero-order valence-electron chi connectivity index (χ0n) is 18.8. The Morgan fingerprint density at radius 3 is 1.36 bits per heavy atom. The van der Waals surface area contributed by atoms with Gasteiger partial charge in [-0.15, -0.1) is 0 Å². The van der Waals surface area contributed by atoms with Gasteiger partial charge in [0.2, 0.25) is 0 Å². The molecular formula is C26H45O2. The first kappa shape index (κ1) is 24.9. The van der Waals surface area contributed by atoms with Crippen LogP contribution in [0.5, 0.6) is 11.5 Å².